The zero-order valence-electron chi connectivity index (χ0n) is 16.0. The van der Waals surface area contributed by atoms with E-state index in [2.05, 4.69) is 5.73 Å². The molecule has 1 atom stereocenters. The van der Waals surface area contributed by atoms with Crippen LogP contribution in [0, 0.1) is 5.92 Å². The first-order valence-electron chi connectivity index (χ1n) is 8.72. The standard InChI is InChI=1S/C23H22O5/c1-16(24)19(15-14-17-10-6-4-7-11-17)20(18-12-8-5-9-13-18)21(22(25)27-2)23(26)28-3/h4-14,20-21H,1-3H3. The average molecular weight is 378 g/mol. The fourth-order valence-electron chi connectivity index (χ4n) is 2.93. The molecule has 2 aromatic rings. The van der Waals surface area contributed by atoms with Gasteiger partial charge >= 0.3 is 11.9 Å². The van der Waals surface area contributed by atoms with Crippen molar-refractivity contribution in [2.75, 3.05) is 14.2 Å². The van der Waals surface area contributed by atoms with Crippen LogP contribution < -0.4 is 0 Å². The summed E-state index contributed by atoms with van der Waals surface area (Å²) in [6.45, 7) is 1.38. The van der Waals surface area contributed by atoms with E-state index in [1.165, 1.54) is 21.1 Å². The van der Waals surface area contributed by atoms with Gasteiger partial charge in [-0.2, -0.15) is 0 Å². The van der Waals surface area contributed by atoms with Crippen LogP contribution in [0.15, 0.2) is 72.0 Å². The van der Waals surface area contributed by atoms with E-state index in [1.807, 2.05) is 36.4 Å². The molecule has 0 fully saturated rings. The predicted molar refractivity (Wildman–Crippen MR) is 105 cm³/mol. The van der Waals surface area contributed by atoms with Gasteiger partial charge in [-0.25, -0.2) is 0 Å². The van der Waals surface area contributed by atoms with Gasteiger partial charge in [-0.05, 0) is 24.1 Å². The third-order valence-corrected chi connectivity index (χ3v) is 4.29. The first-order chi connectivity index (χ1) is 13.5. The summed E-state index contributed by atoms with van der Waals surface area (Å²) in [6, 6.07) is 18.2. The monoisotopic (exact) mass is 378 g/mol. The Morgan fingerprint density at radius 1 is 0.857 bits per heavy atom. The van der Waals surface area contributed by atoms with Crippen LogP contribution in [-0.4, -0.2) is 31.9 Å². The number of ketones is 1. The van der Waals surface area contributed by atoms with Crippen LogP contribution in [0.25, 0.3) is 6.08 Å². The highest BCUT2D eigenvalue weighted by Gasteiger charge is 2.41. The zero-order chi connectivity index (χ0) is 20.5. The van der Waals surface area contributed by atoms with Gasteiger partial charge in [-0.1, -0.05) is 60.7 Å². The van der Waals surface area contributed by atoms with E-state index >= 15 is 0 Å². The Morgan fingerprint density at radius 2 is 1.36 bits per heavy atom. The Balaban J connectivity index is 2.70. The van der Waals surface area contributed by atoms with Crippen molar-refractivity contribution in [2.45, 2.75) is 12.8 Å². The minimum Gasteiger partial charge on any atom is -0.468 e. The first-order valence-corrected chi connectivity index (χ1v) is 8.72. The van der Waals surface area contributed by atoms with Gasteiger partial charge in [0.15, 0.2) is 11.7 Å². The molecule has 0 radical (unpaired) electrons. The Labute approximate surface area is 164 Å². The predicted octanol–water partition coefficient (Wildman–Crippen LogP) is 3.56. The molecule has 0 saturated carbocycles. The van der Waals surface area contributed by atoms with Crippen LogP contribution in [0.4, 0.5) is 0 Å². The molecule has 0 aromatic heterocycles. The quantitative estimate of drug-likeness (QED) is 0.319. The van der Waals surface area contributed by atoms with Crippen molar-refractivity contribution >= 4 is 23.8 Å². The third kappa shape index (κ3) is 5.06. The van der Waals surface area contributed by atoms with Crippen LogP contribution in [-0.2, 0) is 23.9 Å². The van der Waals surface area contributed by atoms with E-state index in [4.69, 9.17) is 9.47 Å². The lowest BCUT2D eigenvalue weighted by Gasteiger charge is -2.24. The second-order valence-electron chi connectivity index (χ2n) is 6.08. The minimum atomic E-state index is -1.33. The molecule has 0 N–H and O–H groups in total. The maximum Gasteiger partial charge on any atom is 0.321 e. The summed E-state index contributed by atoms with van der Waals surface area (Å²) in [5.41, 5.74) is 4.64. The molecule has 0 bridgehead atoms. The van der Waals surface area contributed by atoms with Crippen LogP contribution in [0.1, 0.15) is 24.0 Å². The van der Waals surface area contributed by atoms with Gasteiger partial charge in [0.2, 0.25) is 0 Å². The molecular weight excluding hydrogens is 356 g/mol. The van der Waals surface area contributed by atoms with Gasteiger partial charge in [-0.15, -0.1) is 5.73 Å². The van der Waals surface area contributed by atoms with Crippen LogP contribution in [0.3, 0.4) is 0 Å². The normalized spacial score (nSPS) is 11.1. The fraction of sp³-hybridized carbons (Fsp3) is 0.217. The number of methoxy groups -OCH3 is 2. The number of ether oxygens (including phenoxy) is 2. The molecule has 28 heavy (non-hydrogen) atoms. The van der Waals surface area contributed by atoms with E-state index in [-0.39, 0.29) is 11.4 Å². The number of hydrogen-bond acceptors (Lipinski definition) is 5. The van der Waals surface area contributed by atoms with E-state index in [0.717, 1.165) is 5.56 Å². The van der Waals surface area contributed by atoms with Crippen molar-refractivity contribution in [3.8, 4) is 0 Å². The lowest BCUT2D eigenvalue weighted by Crippen LogP contribution is -2.34. The number of rotatable bonds is 7. The maximum atomic E-state index is 12.5. The topological polar surface area (TPSA) is 69.7 Å². The number of carbonyl (C=O) groups excluding carboxylic acids is 3. The Bertz CT molecular complexity index is 877. The van der Waals surface area contributed by atoms with Gasteiger partial charge in [-0.3, -0.25) is 14.4 Å². The minimum absolute atomic E-state index is 0.191. The van der Waals surface area contributed by atoms with Crippen molar-refractivity contribution in [3.05, 3.63) is 83.1 Å². The molecule has 0 aliphatic heterocycles. The molecule has 0 saturated heterocycles. The molecule has 5 nitrogen and oxygen atoms in total. The van der Waals surface area contributed by atoms with Crippen molar-refractivity contribution < 1.29 is 23.9 Å². The van der Waals surface area contributed by atoms with E-state index in [9.17, 15) is 14.4 Å². The SMILES string of the molecule is COC(=O)C(C(=O)OC)C(C(=C=Cc1ccccc1)C(C)=O)c1ccccc1. The molecule has 0 spiro atoms. The largest absolute Gasteiger partial charge is 0.468 e. The average Bonchev–Trinajstić information content (AvgIpc) is 2.73. The van der Waals surface area contributed by atoms with Crippen LogP contribution in [0.2, 0.25) is 0 Å². The second-order valence-corrected chi connectivity index (χ2v) is 6.08. The van der Waals surface area contributed by atoms with Gasteiger partial charge in [0, 0.05) is 11.5 Å². The van der Waals surface area contributed by atoms with E-state index in [1.54, 1.807) is 30.3 Å². The highest BCUT2D eigenvalue weighted by molar-refractivity contribution is 6.01. The first kappa shape index (κ1) is 20.9. The molecule has 0 aliphatic carbocycles. The molecule has 1 unspecified atom stereocenters. The number of Topliss-reactive ketones (excluding diaryl/α,β-unsaturated/α-hetero) is 1. The molecular formula is C23H22O5. The van der Waals surface area contributed by atoms with E-state index in [0.29, 0.717) is 5.56 Å². The lowest BCUT2D eigenvalue weighted by molar-refractivity contribution is -0.159. The Morgan fingerprint density at radius 3 is 1.82 bits per heavy atom. The number of carbonyl (C=O) groups is 3. The van der Waals surface area contributed by atoms with Crippen LogP contribution in [0.5, 0.6) is 0 Å². The highest BCUT2D eigenvalue weighted by Crippen LogP contribution is 2.34. The lowest BCUT2D eigenvalue weighted by atomic mass is 9.79. The molecule has 5 heteroatoms. The summed E-state index contributed by atoms with van der Waals surface area (Å²) in [4.78, 5) is 37.4. The van der Waals surface area contributed by atoms with Crippen molar-refractivity contribution in [1.29, 1.82) is 0 Å². The maximum absolute atomic E-state index is 12.5. The van der Waals surface area contributed by atoms with Gasteiger partial charge in [0.05, 0.1) is 14.2 Å². The van der Waals surface area contributed by atoms with E-state index < -0.39 is 23.8 Å². The number of esters is 2. The Hall–Kier alpha value is -3.43. The molecule has 144 valence electrons. The smallest absolute Gasteiger partial charge is 0.321 e. The summed E-state index contributed by atoms with van der Waals surface area (Å²) < 4.78 is 9.66. The number of benzene rings is 2. The van der Waals surface area contributed by atoms with Crippen molar-refractivity contribution in [1.82, 2.24) is 0 Å². The Kier molecular flexibility index (Phi) is 7.49. The molecule has 0 heterocycles. The van der Waals surface area contributed by atoms with Crippen molar-refractivity contribution in [3.63, 3.8) is 0 Å². The summed E-state index contributed by atoms with van der Waals surface area (Å²) >= 11 is 0. The highest BCUT2D eigenvalue weighted by atomic mass is 16.5. The summed E-state index contributed by atoms with van der Waals surface area (Å²) in [5, 5.41) is 0. The van der Waals surface area contributed by atoms with Gasteiger partial charge < -0.3 is 9.47 Å². The second kappa shape index (κ2) is 10.0. The molecule has 0 aliphatic rings. The van der Waals surface area contributed by atoms with Crippen LogP contribution >= 0.6 is 0 Å². The fourth-order valence-corrected chi connectivity index (χ4v) is 2.93. The van der Waals surface area contributed by atoms with Gasteiger partial charge in [0.25, 0.3) is 0 Å². The number of allylic oxidation sites excluding steroid dienone is 1. The molecule has 2 rings (SSSR count). The molecule has 2 aromatic carbocycles. The summed E-state index contributed by atoms with van der Waals surface area (Å²) in [5.74, 6) is -4.08. The third-order valence-electron chi connectivity index (χ3n) is 4.29. The summed E-state index contributed by atoms with van der Waals surface area (Å²) in [6.07, 6.45) is 1.65. The zero-order valence-corrected chi connectivity index (χ0v) is 16.0. The summed E-state index contributed by atoms with van der Waals surface area (Å²) in [7, 11) is 2.38. The molecule has 0 amide bonds. The van der Waals surface area contributed by atoms with Crippen molar-refractivity contribution in [2.24, 2.45) is 5.92 Å². The number of hydrogen-bond donors (Lipinski definition) is 0. The van der Waals surface area contributed by atoms with Gasteiger partial charge in [0.1, 0.15) is 0 Å².